The second-order valence-corrected chi connectivity index (χ2v) is 5.05. The molecule has 0 fully saturated rings. The van der Waals surface area contributed by atoms with Crippen molar-refractivity contribution in [2.45, 2.75) is 39.3 Å². The highest BCUT2D eigenvalue weighted by Gasteiger charge is 2.13. The topological polar surface area (TPSA) is 29.9 Å². The van der Waals surface area contributed by atoms with Crippen molar-refractivity contribution >= 4 is 11.8 Å². The zero-order chi connectivity index (χ0) is 11.8. The molecule has 3 nitrogen and oxygen atoms in total. The van der Waals surface area contributed by atoms with Crippen LogP contribution in [0.5, 0.6) is 0 Å². The Bertz CT molecular complexity index is 286. The molecule has 92 valence electrons. The van der Waals surface area contributed by atoms with Gasteiger partial charge < -0.3 is 5.32 Å². The van der Waals surface area contributed by atoms with Crippen molar-refractivity contribution in [3.05, 3.63) is 18.0 Å². The highest BCUT2D eigenvalue weighted by Crippen LogP contribution is 2.18. The minimum Gasteiger partial charge on any atom is -0.311 e. The molecule has 0 aromatic carbocycles. The second-order valence-electron chi connectivity index (χ2n) is 3.90. The summed E-state index contributed by atoms with van der Waals surface area (Å²) in [6.07, 6.45) is 4.28. The minimum absolute atomic E-state index is 0.422. The van der Waals surface area contributed by atoms with Crippen molar-refractivity contribution in [3.8, 4) is 0 Å². The largest absolute Gasteiger partial charge is 0.311 e. The van der Waals surface area contributed by atoms with Crippen LogP contribution in [0.1, 0.15) is 38.4 Å². The van der Waals surface area contributed by atoms with Crippen molar-refractivity contribution < 1.29 is 0 Å². The number of aromatic nitrogens is 2. The summed E-state index contributed by atoms with van der Waals surface area (Å²) in [5.74, 6) is 2.36. The van der Waals surface area contributed by atoms with Crippen molar-refractivity contribution in [2.24, 2.45) is 0 Å². The maximum absolute atomic E-state index is 4.37. The first kappa shape index (κ1) is 13.6. The molecule has 1 heterocycles. The van der Waals surface area contributed by atoms with E-state index in [9.17, 15) is 0 Å². The third-order valence-electron chi connectivity index (χ3n) is 2.52. The lowest BCUT2D eigenvalue weighted by molar-refractivity contribution is 0.524. The van der Waals surface area contributed by atoms with E-state index in [1.807, 2.05) is 25.0 Å². The van der Waals surface area contributed by atoms with Crippen LogP contribution in [0.15, 0.2) is 12.3 Å². The first-order valence-corrected chi connectivity index (χ1v) is 7.25. The van der Waals surface area contributed by atoms with E-state index in [4.69, 9.17) is 0 Å². The summed E-state index contributed by atoms with van der Waals surface area (Å²) in [6.45, 7) is 5.42. The smallest absolute Gasteiger partial charge is 0.0581 e. The number of aryl methyl sites for hydroxylation is 1. The molecule has 0 saturated carbocycles. The number of nitrogens with zero attached hydrogens (tertiary/aromatic N) is 2. The van der Waals surface area contributed by atoms with E-state index in [1.165, 1.54) is 17.9 Å². The lowest BCUT2D eigenvalue weighted by Crippen LogP contribution is -2.22. The van der Waals surface area contributed by atoms with Gasteiger partial charge in [-0.1, -0.05) is 13.8 Å². The lowest BCUT2D eigenvalue weighted by Gasteiger charge is -2.17. The molecule has 1 atom stereocenters. The first-order chi connectivity index (χ1) is 7.83. The maximum atomic E-state index is 4.37. The van der Waals surface area contributed by atoms with Gasteiger partial charge in [-0.25, -0.2) is 0 Å². The molecule has 4 heteroatoms. The lowest BCUT2D eigenvalue weighted by atomic mass is 10.2. The Morgan fingerprint density at radius 2 is 2.25 bits per heavy atom. The molecule has 1 N–H and O–H groups in total. The van der Waals surface area contributed by atoms with E-state index < -0.39 is 0 Å². The quantitative estimate of drug-likeness (QED) is 0.710. The van der Waals surface area contributed by atoms with Crippen LogP contribution in [0, 0.1) is 0 Å². The van der Waals surface area contributed by atoms with Crippen LogP contribution < -0.4 is 5.32 Å². The van der Waals surface area contributed by atoms with E-state index in [1.54, 1.807) is 0 Å². The SMILES string of the molecule is CCCSCC(NC)c1ccnn1CCC. The number of hydrogen-bond donors (Lipinski definition) is 1. The Balaban J connectivity index is 2.59. The van der Waals surface area contributed by atoms with Crippen LogP contribution in [-0.4, -0.2) is 28.3 Å². The predicted octanol–water partition coefficient (Wildman–Crippen LogP) is 2.70. The summed E-state index contributed by atoms with van der Waals surface area (Å²) in [5, 5.41) is 7.75. The van der Waals surface area contributed by atoms with Crippen LogP contribution in [-0.2, 0) is 6.54 Å². The summed E-state index contributed by atoms with van der Waals surface area (Å²) in [7, 11) is 2.03. The van der Waals surface area contributed by atoms with Gasteiger partial charge in [-0.15, -0.1) is 0 Å². The molecule has 1 aromatic heterocycles. The van der Waals surface area contributed by atoms with Gasteiger partial charge in [0.1, 0.15) is 0 Å². The summed E-state index contributed by atoms with van der Waals surface area (Å²) in [4.78, 5) is 0. The van der Waals surface area contributed by atoms with Gasteiger partial charge in [-0.3, -0.25) is 4.68 Å². The van der Waals surface area contributed by atoms with Crippen molar-refractivity contribution in [1.29, 1.82) is 0 Å². The number of thioether (sulfide) groups is 1. The zero-order valence-electron chi connectivity index (χ0n) is 10.6. The van der Waals surface area contributed by atoms with Gasteiger partial charge in [0.25, 0.3) is 0 Å². The summed E-state index contributed by atoms with van der Waals surface area (Å²) >= 11 is 2.01. The van der Waals surface area contributed by atoms with Crippen molar-refractivity contribution in [1.82, 2.24) is 15.1 Å². The number of nitrogens with one attached hydrogen (secondary N) is 1. The van der Waals surface area contributed by atoms with Crippen molar-refractivity contribution in [2.75, 3.05) is 18.6 Å². The second kappa shape index (κ2) is 7.74. The van der Waals surface area contributed by atoms with Crippen LogP contribution >= 0.6 is 11.8 Å². The van der Waals surface area contributed by atoms with E-state index in [-0.39, 0.29) is 0 Å². The van der Waals surface area contributed by atoms with Crippen LogP contribution in [0.2, 0.25) is 0 Å². The third kappa shape index (κ3) is 3.83. The molecule has 16 heavy (non-hydrogen) atoms. The zero-order valence-corrected chi connectivity index (χ0v) is 11.4. The molecule has 0 aliphatic carbocycles. The van der Waals surface area contributed by atoms with Gasteiger partial charge in [0.2, 0.25) is 0 Å². The first-order valence-electron chi connectivity index (χ1n) is 6.10. The standard InChI is InChI=1S/C12H23N3S/c1-4-8-15-12(6-7-14-15)11(13-3)10-16-9-5-2/h6-7,11,13H,4-5,8-10H2,1-3H3. The molecular formula is C12H23N3S. The Labute approximate surface area is 103 Å². The fourth-order valence-electron chi connectivity index (χ4n) is 1.70. The fraction of sp³-hybridized carbons (Fsp3) is 0.750. The molecule has 0 amide bonds. The van der Waals surface area contributed by atoms with Crippen LogP contribution in [0.4, 0.5) is 0 Å². The maximum Gasteiger partial charge on any atom is 0.0581 e. The number of hydrogen-bond acceptors (Lipinski definition) is 3. The molecule has 1 rings (SSSR count). The molecule has 0 radical (unpaired) electrons. The Hall–Kier alpha value is -0.480. The highest BCUT2D eigenvalue weighted by atomic mass is 32.2. The molecular weight excluding hydrogens is 218 g/mol. The number of rotatable bonds is 8. The molecule has 0 saturated heterocycles. The average Bonchev–Trinajstić information content (AvgIpc) is 2.73. The van der Waals surface area contributed by atoms with E-state index >= 15 is 0 Å². The Kier molecular flexibility index (Phi) is 6.57. The van der Waals surface area contributed by atoms with Gasteiger partial charge in [-0.2, -0.15) is 16.9 Å². The average molecular weight is 241 g/mol. The highest BCUT2D eigenvalue weighted by molar-refractivity contribution is 7.99. The van der Waals surface area contributed by atoms with Gasteiger partial charge in [0.15, 0.2) is 0 Å². The van der Waals surface area contributed by atoms with Gasteiger partial charge in [0, 0.05) is 18.5 Å². The summed E-state index contributed by atoms with van der Waals surface area (Å²) < 4.78 is 2.12. The summed E-state index contributed by atoms with van der Waals surface area (Å²) in [6, 6.07) is 2.55. The molecule has 0 spiro atoms. The Morgan fingerprint density at radius 3 is 2.88 bits per heavy atom. The third-order valence-corrected chi connectivity index (χ3v) is 3.79. The van der Waals surface area contributed by atoms with E-state index in [2.05, 4.69) is 35.0 Å². The minimum atomic E-state index is 0.422. The van der Waals surface area contributed by atoms with Gasteiger partial charge >= 0.3 is 0 Å². The molecule has 1 unspecified atom stereocenters. The van der Waals surface area contributed by atoms with Gasteiger partial charge in [-0.05, 0) is 31.7 Å². The normalized spacial score (nSPS) is 12.9. The summed E-state index contributed by atoms with van der Waals surface area (Å²) in [5.41, 5.74) is 1.31. The monoisotopic (exact) mass is 241 g/mol. The molecule has 0 bridgehead atoms. The van der Waals surface area contributed by atoms with Crippen molar-refractivity contribution in [3.63, 3.8) is 0 Å². The Morgan fingerprint density at radius 1 is 1.44 bits per heavy atom. The van der Waals surface area contributed by atoms with Crippen LogP contribution in [0.25, 0.3) is 0 Å². The fourth-order valence-corrected chi connectivity index (χ4v) is 2.73. The van der Waals surface area contributed by atoms with E-state index in [0.717, 1.165) is 18.7 Å². The predicted molar refractivity (Wildman–Crippen MR) is 71.9 cm³/mol. The molecule has 1 aromatic rings. The van der Waals surface area contributed by atoms with Crippen LogP contribution in [0.3, 0.4) is 0 Å². The van der Waals surface area contributed by atoms with E-state index in [0.29, 0.717) is 6.04 Å². The molecule has 0 aliphatic rings. The molecule has 0 aliphatic heterocycles. The van der Waals surface area contributed by atoms with Gasteiger partial charge in [0.05, 0.1) is 11.7 Å².